The van der Waals surface area contributed by atoms with Crippen molar-refractivity contribution in [2.45, 2.75) is 24.7 Å². The third-order valence-corrected chi connectivity index (χ3v) is 4.91. The zero-order valence-corrected chi connectivity index (χ0v) is 14.6. The number of aliphatic carboxylic acids is 1. The molecule has 122 valence electrons. The number of nitrogens with zero attached hydrogens (tertiary/aromatic N) is 1. The lowest BCUT2D eigenvalue weighted by Gasteiger charge is -2.11. The highest BCUT2D eigenvalue weighted by Crippen LogP contribution is 2.26. The van der Waals surface area contributed by atoms with Crippen molar-refractivity contribution in [1.29, 1.82) is 0 Å². The van der Waals surface area contributed by atoms with Crippen LogP contribution in [-0.2, 0) is 17.6 Å². The van der Waals surface area contributed by atoms with E-state index in [1.165, 1.54) is 21.4 Å². The van der Waals surface area contributed by atoms with E-state index in [1.807, 2.05) is 31.3 Å². The number of hydrogen-bond acceptors (Lipinski definition) is 3. The number of carboxylic acid groups (broad SMARTS) is 1. The summed E-state index contributed by atoms with van der Waals surface area (Å²) in [4.78, 5) is 16.5. The minimum absolute atomic E-state index is 0.0659. The van der Waals surface area contributed by atoms with E-state index in [0.717, 1.165) is 23.1 Å². The monoisotopic (exact) mass is 337 g/mol. The molecule has 0 aliphatic heterocycles. The summed E-state index contributed by atoms with van der Waals surface area (Å²) >= 11 is 1.73. The Labute approximate surface area is 145 Å². The average Bonchev–Trinajstić information content (AvgIpc) is 2.56. The van der Waals surface area contributed by atoms with Crippen LogP contribution in [0.15, 0.2) is 53.6 Å². The van der Waals surface area contributed by atoms with Crippen molar-refractivity contribution in [2.24, 2.45) is 0 Å². The average molecular weight is 337 g/mol. The van der Waals surface area contributed by atoms with Crippen LogP contribution in [0.25, 0.3) is 10.9 Å². The van der Waals surface area contributed by atoms with Crippen molar-refractivity contribution in [3.63, 3.8) is 0 Å². The predicted octanol–water partition coefficient (Wildman–Crippen LogP) is 4.48. The van der Waals surface area contributed by atoms with Gasteiger partial charge in [0.15, 0.2) is 0 Å². The lowest BCUT2D eigenvalue weighted by Crippen LogP contribution is -2.01. The van der Waals surface area contributed by atoms with Crippen molar-refractivity contribution >= 4 is 28.6 Å². The fourth-order valence-electron chi connectivity index (χ4n) is 2.91. The summed E-state index contributed by atoms with van der Waals surface area (Å²) in [6.07, 6.45) is 4.81. The van der Waals surface area contributed by atoms with E-state index in [9.17, 15) is 4.79 Å². The molecule has 0 amide bonds. The molecule has 0 aliphatic rings. The molecule has 0 saturated carbocycles. The SMILES string of the molecule is CSc1ccc2nccc(Cc3ccc(CC(=O)O)cc3C)c2c1. The highest BCUT2D eigenvalue weighted by Gasteiger charge is 2.08. The van der Waals surface area contributed by atoms with Crippen molar-refractivity contribution in [3.05, 3.63) is 70.9 Å². The molecule has 24 heavy (non-hydrogen) atoms. The first-order valence-corrected chi connectivity index (χ1v) is 9.01. The molecule has 0 atom stereocenters. The number of thioether (sulfide) groups is 1. The molecule has 3 aromatic rings. The molecule has 0 spiro atoms. The quantitative estimate of drug-likeness (QED) is 0.697. The second-order valence-corrected chi connectivity index (χ2v) is 6.74. The number of benzene rings is 2. The molecule has 1 heterocycles. The van der Waals surface area contributed by atoms with Gasteiger partial charge in [-0.05, 0) is 66.1 Å². The highest BCUT2D eigenvalue weighted by atomic mass is 32.2. The molecule has 2 aromatic carbocycles. The van der Waals surface area contributed by atoms with Crippen LogP contribution in [0.3, 0.4) is 0 Å². The van der Waals surface area contributed by atoms with Crippen molar-refractivity contribution in [2.75, 3.05) is 6.26 Å². The van der Waals surface area contributed by atoms with Gasteiger partial charge in [0.1, 0.15) is 0 Å². The Morgan fingerprint density at radius 1 is 1.12 bits per heavy atom. The molecule has 0 radical (unpaired) electrons. The largest absolute Gasteiger partial charge is 0.481 e. The van der Waals surface area contributed by atoms with Gasteiger partial charge in [0.2, 0.25) is 0 Å². The Hall–Kier alpha value is -2.33. The third-order valence-electron chi connectivity index (χ3n) is 4.18. The van der Waals surface area contributed by atoms with Gasteiger partial charge in [-0.1, -0.05) is 18.2 Å². The van der Waals surface area contributed by atoms with E-state index in [2.05, 4.69) is 35.5 Å². The van der Waals surface area contributed by atoms with Gasteiger partial charge in [0.05, 0.1) is 11.9 Å². The second kappa shape index (κ2) is 7.05. The van der Waals surface area contributed by atoms with E-state index in [1.54, 1.807) is 11.8 Å². The molecule has 0 unspecified atom stereocenters. The van der Waals surface area contributed by atoms with Crippen LogP contribution >= 0.6 is 11.8 Å². The maximum Gasteiger partial charge on any atom is 0.307 e. The molecule has 1 N–H and O–H groups in total. The summed E-state index contributed by atoms with van der Waals surface area (Å²) in [7, 11) is 0. The van der Waals surface area contributed by atoms with E-state index in [-0.39, 0.29) is 6.42 Å². The molecule has 0 saturated heterocycles. The minimum atomic E-state index is -0.799. The molecule has 0 aliphatic carbocycles. The van der Waals surface area contributed by atoms with Crippen LogP contribution < -0.4 is 0 Å². The van der Waals surface area contributed by atoms with Crippen molar-refractivity contribution in [3.8, 4) is 0 Å². The summed E-state index contributed by atoms with van der Waals surface area (Å²) < 4.78 is 0. The Kier molecular flexibility index (Phi) is 4.86. The molecule has 4 heteroatoms. The van der Waals surface area contributed by atoms with E-state index in [4.69, 9.17) is 5.11 Å². The Morgan fingerprint density at radius 3 is 2.67 bits per heavy atom. The maximum absolute atomic E-state index is 10.9. The first kappa shape index (κ1) is 16.5. The molecule has 0 bridgehead atoms. The fourth-order valence-corrected chi connectivity index (χ4v) is 3.35. The summed E-state index contributed by atoms with van der Waals surface area (Å²) in [5.41, 5.74) is 5.43. The number of rotatable bonds is 5. The van der Waals surface area contributed by atoms with Crippen LogP contribution in [-0.4, -0.2) is 22.3 Å². The van der Waals surface area contributed by atoms with Gasteiger partial charge in [0, 0.05) is 16.5 Å². The molecule has 3 rings (SSSR count). The third kappa shape index (κ3) is 3.60. The lowest BCUT2D eigenvalue weighted by molar-refractivity contribution is -0.136. The van der Waals surface area contributed by atoms with Crippen LogP contribution in [0.2, 0.25) is 0 Å². The summed E-state index contributed by atoms with van der Waals surface area (Å²) in [5, 5.41) is 10.1. The van der Waals surface area contributed by atoms with E-state index < -0.39 is 5.97 Å². The Balaban J connectivity index is 1.96. The number of pyridine rings is 1. The number of aryl methyl sites for hydroxylation is 1. The zero-order valence-electron chi connectivity index (χ0n) is 13.7. The first-order valence-electron chi connectivity index (χ1n) is 7.78. The molecule has 3 nitrogen and oxygen atoms in total. The Morgan fingerprint density at radius 2 is 1.96 bits per heavy atom. The number of carboxylic acids is 1. The maximum atomic E-state index is 10.9. The van der Waals surface area contributed by atoms with Gasteiger partial charge in [-0.2, -0.15) is 0 Å². The van der Waals surface area contributed by atoms with Crippen LogP contribution in [0.4, 0.5) is 0 Å². The number of aromatic nitrogens is 1. The van der Waals surface area contributed by atoms with Crippen LogP contribution in [0.1, 0.15) is 22.3 Å². The van der Waals surface area contributed by atoms with Gasteiger partial charge in [-0.3, -0.25) is 9.78 Å². The predicted molar refractivity (Wildman–Crippen MR) is 98.8 cm³/mol. The van der Waals surface area contributed by atoms with Gasteiger partial charge in [-0.25, -0.2) is 0 Å². The van der Waals surface area contributed by atoms with Crippen molar-refractivity contribution < 1.29 is 9.90 Å². The van der Waals surface area contributed by atoms with Gasteiger partial charge < -0.3 is 5.11 Å². The van der Waals surface area contributed by atoms with Gasteiger partial charge in [-0.15, -0.1) is 11.8 Å². The number of hydrogen-bond donors (Lipinski definition) is 1. The minimum Gasteiger partial charge on any atom is -0.481 e. The summed E-state index contributed by atoms with van der Waals surface area (Å²) in [5.74, 6) is -0.799. The normalized spacial score (nSPS) is 10.9. The molecular weight excluding hydrogens is 318 g/mol. The first-order chi connectivity index (χ1) is 11.6. The second-order valence-electron chi connectivity index (χ2n) is 5.86. The summed E-state index contributed by atoms with van der Waals surface area (Å²) in [6, 6.07) is 14.3. The van der Waals surface area contributed by atoms with Gasteiger partial charge >= 0.3 is 5.97 Å². The number of carbonyl (C=O) groups is 1. The van der Waals surface area contributed by atoms with E-state index in [0.29, 0.717) is 0 Å². The molecule has 1 aromatic heterocycles. The topological polar surface area (TPSA) is 50.2 Å². The molecular formula is C20H19NO2S. The summed E-state index contributed by atoms with van der Waals surface area (Å²) in [6.45, 7) is 2.04. The standard InChI is InChI=1S/C20H19NO2S/c1-13-9-14(10-20(22)23)3-4-15(13)11-16-7-8-21-19-6-5-17(24-2)12-18(16)19/h3-9,12H,10-11H2,1-2H3,(H,22,23). The van der Waals surface area contributed by atoms with Crippen LogP contribution in [0, 0.1) is 6.92 Å². The Bertz CT molecular complexity index is 905. The highest BCUT2D eigenvalue weighted by molar-refractivity contribution is 7.98. The lowest BCUT2D eigenvalue weighted by atomic mass is 9.96. The zero-order chi connectivity index (χ0) is 17.1. The van der Waals surface area contributed by atoms with Crippen LogP contribution in [0.5, 0.6) is 0 Å². The van der Waals surface area contributed by atoms with Gasteiger partial charge in [0.25, 0.3) is 0 Å². The molecule has 0 fully saturated rings. The number of fused-ring (bicyclic) bond motifs is 1. The smallest absolute Gasteiger partial charge is 0.307 e. The van der Waals surface area contributed by atoms with E-state index >= 15 is 0 Å². The fraction of sp³-hybridized carbons (Fsp3) is 0.200. The van der Waals surface area contributed by atoms with Crippen molar-refractivity contribution in [1.82, 2.24) is 4.98 Å².